The minimum Gasteiger partial charge on any atom is -0.396 e. The van der Waals surface area contributed by atoms with Crippen LogP contribution in [-0.4, -0.2) is 10.2 Å². The molecule has 2 rings (SSSR count). The lowest BCUT2D eigenvalue weighted by atomic mass is 10.1. The third-order valence-electron chi connectivity index (χ3n) is 2.00. The third kappa shape index (κ3) is 1.65. The Labute approximate surface area is 90.5 Å². The molecular formula is C10H10BrN3. The highest BCUT2D eigenvalue weighted by Gasteiger charge is 2.05. The smallest absolute Gasteiger partial charge is 0.0880 e. The monoisotopic (exact) mass is 251 g/mol. The summed E-state index contributed by atoms with van der Waals surface area (Å²) in [5, 5.41) is 6.77. The number of aromatic nitrogens is 2. The standard InChI is InChI=1S/C10H10BrN3/c1-6-2-7(4-8(11)3-6)10-9(12)5-13-14-10/h2-5H,12H2,1H3,(H,13,14). The van der Waals surface area contributed by atoms with E-state index in [1.807, 2.05) is 13.0 Å². The average molecular weight is 252 g/mol. The number of nitrogens with one attached hydrogen (secondary N) is 1. The van der Waals surface area contributed by atoms with Gasteiger partial charge in [0.25, 0.3) is 0 Å². The van der Waals surface area contributed by atoms with Crippen LogP contribution in [0.1, 0.15) is 5.56 Å². The molecule has 4 heteroatoms. The van der Waals surface area contributed by atoms with Gasteiger partial charge in [0.05, 0.1) is 17.6 Å². The molecule has 1 heterocycles. The molecule has 3 nitrogen and oxygen atoms in total. The number of hydrogen-bond acceptors (Lipinski definition) is 2. The molecule has 1 aromatic carbocycles. The number of rotatable bonds is 1. The first-order valence-electron chi connectivity index (χ1n) is 4.23. The number of nitrogens with two attached hydrogens (primary N) is 1. The Bertz CT molecular complexity index is 442. The number of aromatic amines is 1. The number of anilines is 1. The molecule has 2 aromatic rings. The van der Waals surface area contributed by atoms with E-state index in [0.29, 0.717) is 5.69 Å². The van der Waals surface area contributed by atoms with Crippen LogP contribution in [0.2, 0.25) is 0 Å². The summed E-state index contributed by atoms with van der Waals surface area (Å²) in [6.45, 7) is 2.04. The second-order valence-electron chi connectivity index (χ2n) is 3.22. The Morgan fingerprint density at radius 2 is 2.14 bits per heavy atom. The summed E-state index contributed by atoms with van der Waals surface area (Å²) in [6, 6.07) is 6.13. The number of nitrogens with zero attached hydrogens (tertiary/aromatic N) is 1. The van der Waals surface area contributed by atoms with E-state index in [1.165, 1.54) is 5.56 Å². The van der Waals surface area contributed by atoms with Gasteiger partial charge in [0.15, 0.2) is 0 Å². The summed E-state index contributed by atoms with van der Waals surface area (Å²) in [5.74, 6) is 0. The van der Waals surface area contributed by atoms with Crippen LogP contribution in [0.4, 0.5) is 5.69 Å². The fourth-order valence-corrected chi connectivity index (χ4v) is 2.02. The molecule has 72 valence electrons. The lowest BCUT2D eigenvalue weighted by Gasteiger charge is -2.02. The van der Waals surface area contributed by atoms with E-state index in [4.69, 9.17) is 5.73 Å². The quantitative estimate of drug-likeness (QED) is 0.819. The zero-order valence-electron chi connectivity index (χ0n) is 7.71. The predicted octanol–water partition coefficient (Wildman–Crippen LogP) is 2.73. The molecule has 0 unspecified atom stereocenters. The molecule has 0 saturated carbocycles. The SMILES string of the molecule is Cc1cc(Br)cc(-c2[nH]ncc2N)c1. The number of hydrogen-bond donors (Lipinski definition) is 2. The van der Waals surface area contributed by atoms with Crippen molar-refractivity contribution in [2.24, 2.45) is 0 Å². The van der Waals surface area contributed by atoms with Crippen molar-refractivity contribution in [2.75, 3.05) is 5.73 Å². The highest BCUT2D eigenvalue weighted by molar-refractivity contribution is 9.10. The van der Waals surface area contributed by atoms with Gasteiger partial charge in [-0.2, -0.15) is 5.10 Å². The molecular weight excluding hydrogens is 242 g/mol. The molecule has 0 aliphatic heterocycles. The van der Waals surface area contributed by atoms with E-state index >= 15 is 0 Å². The maximum atomic E-state index is 5.76. The van der Waals surface area contributed by atoms with Crippen LogP contribution in [0.15, 0.2) is 28.9 Å². The van der Waals surface area contributed by atoms with Crippen molar-refractivity contribution in [2.45, 2.75) is 6.92 Å². The van der Waals surface area contributed by atoms with Gasteiger partial charge in [0.2, 0.25) is 0 Å². The Morgan fingerprint density at radius 1 is 1.36 bits per heavy atom. The predicted molar refractivity (Wildman–Crippen MR) is 60.9 cm³/mol. The van der Waals surface area contributed by atoms with Crippen LogP contribution in [0, 0.1) is 6.92 Å². The van der Waals surface area contributed by atoms with Crippen LogP contribution in [0.5, 0.6) is 0 Å². The summed E-state index contributed by atoms with van der Waals surface area (Å²) >= 11 is 3.45. The maximum Gasteiger partial charge on any atom is 0.0880 e. The largest absolute Gasteiger partial charge is 0.396 e. The number of nitrogen functional groups attached to an aromatic ring is 1. The lowest BCUT2D eigenvalue weighted by molar-refractivity contribution is 1.09. The van der Waals surface area contributed by atoms with Gasteiger partial charge in [-0.3, -0.25) is 5.10 Å². The molecule has 0 aliphatic rings. The molecule has 0 fully saturated rings. The molecule has 14 heavy (non-hydrogen) atoms. The topological polar surface area (TPSA) is 54.7 Å². The van der Waals surface area contributed by atoms with E-state index in [0.717, 1.165) is 15.7 Å². The summed E-state index contributed by atoms with van der Waals surface area (Å²) < 4.78 is 1.04. The zero-order valence-corrected chi connectivity index (χ0v) is 9.30. The van der Waals surface area contributed by atoms with Gasteiger partial charge in [0, 0.05) is 10.0 Å². The molecule has 0 spiro atoms. The van der Waals surface area contributed by atoms with Crippen molar-refractivity contribution in [3.8, 4) is 11.3 Å². The molecule has 0 saturated heterocycles. The van der Waals surface area contributed by atoms with E-state index in [-0.39, 0.29) is 0 Å². The Hall–Kier alpha value is -1.29. The van der Waals surface area contributed by atoms with Crippen LogP contribution in [0.3, 0.4) is 0 Å². The van der Waals surface area contributed by atoms with Crippen LogP contribution >= 0.6 is 15.9 Å². The minimum absolute atomic E-state index is 0.669. The first-order chi connectivity index (χ1) is 6.66. The first kappa shape index (κ1) is 9.27. The van der Waals surface area contributed by atoms with Crippen molar-refractivity contribution >= 4 is 21.6 Å². The maximum absolute atomic E-state index is 5.76. The molecule has 3 N–H and O–H groups in total. The molecule has 0 bridgehead atoms. The van der Waals surface area contributed by atoms with Crippen molar-refractivity contribution in [1.82, 2.24) is 10.2 Å². The Kier molecular flexibility index (Phi) is 2.29. The van der Waals surface area contributed by atoms with Gasteiger partial charge in [0.1, 0.15) is 0 Å². The highest BCUT2D eigenvalue weighted by Crippen LogP contribution is 2.26. The minimum atomic E-state index is 0.669. The van der Waals surface area contributed by atoms with Gasteiger partial charge in [-0.15, -0.1) is 0 Å². The average Bonchev–Trinajstić information content (AvgIpc) is 2.49. The van der Waals surface area contributed by atoms with E-state index < -0.39 is 0 Å². The second-order valence-corrected chi connectivity index (χ2v) is 4.13. The molecule has 0 aliphatic carbocycles. The molecule has 0 amide bonds. The van der Waals surface area contributed by atoms with Gasteiger partial charge in [-0.05, 0) is 30.7 Å². The van der Waals surface area contributed by atoms with Gasteiger partial charge in [-0.25, -0.2) is 0 Å². The highest BCUT2D eigenvalue weighted by atomic mass is 79.9. The van der Waals surface area contributed by atoms with Crippen molar-refractivity contribution in [3.05, 3.63) is 34.4 Å². The normalized spacial score (nSPS) is 10.4. The second kappa shape index (κ2) is 3.46. The van der Waals surface area contributed by atoms with Crippen molar-refractivity contribution in [1.29, 1.82) is 0 Å². The number of H-pyrrole nitrogens is 1. The zero-order chi connectivity index (χ0) is 10.1. The summed E-state index contributed by atoms with van der Waals surface area (Å²) in [5.41, 5.74) is 9.53. The lowest BCUT2D eigenvalue weighted by Crippen LogP contribution is -1.87. The molecule has 0 radical (unpaired) electrons. The van der Waals surface area contributed by atoms with Gasteiger partial charge in [-0.1, -0.05) is 15.9 Å². The Balaban J connectivity index is 2.57. The van der Waals surface area contributed by atoms with Crippen LogP contribution in [0.25, 0.3) is 11.3 Å². The fourth-order valence-electron chi connectivity index (χ4n) is 1.41. The van der Waals surface area contributed by atoms with Crippen LogP contribution in [-0.2, 0) is 0 Å². The van der Waals surface area contributed by atoms with E-state index in [2.05, 4.69) is 38.3 Å². The summed E-state index contributed by atoms with van der Waals surface area (Å²) in [7, 11) is 0. The third-order valence-corrected chi connectivity index (χ3v) is 2.46. The fraction of sp³-hybridized carbons (Fsp3) is 0.100. The summed E-state index contributed by atoms with van der Waals surface area (Å²) in [4.78, 5) is 0. The Morgan fingerprint density at radius 3 is 2.71 bits per heavy atom. The van der Waals surface area contributed by atoms with Crippen molar-refractivity contribution < 1.29 is 0 Å². The van der Waals surface area contributed by atoms with Gasteiger partial charge < -0.3 is 5.73 Å². The molecule has 0 atom stereocenters. The van der Waals surface area contributed by atoms with E-state index in [1.54, 1.807) is 6.20 Å². The van der Waals surface area contributed by atoms with Gasteiger partial charge >= 0.3 is 0 Å². The van der Waals surface area contributed by atoms with Crippen molar-refractivity contribution in [3.63, 3.8) is 0 Å². The van der Waals surface area contributed by atoms with Crippen LogP contribution < -0.4 is 5.73 Å². The van der Waals surface area contributed by atoms with E-state index in [9.17, 15) is 0 Å². The first-order valence-corrected chi connectivity index (χ1v) is 5.02. The molecule has 1 aromatic heterocycles. The number of aryl methyl sites for hydroxylation is 1. The number of halogens is 1. The summed E-state index contributed by atoms with van der Waals surface area (Å²) in [6.07, 6.45) is 1.62. The number of benzene rings is 1.